The van der Waals surface area contributed by atoms with E-state index in [4.69, 9.17) is 5.11 Å². The monoisotopic (exact) mass is 298 g/mol. The van der Waals surface area contributed by atoms with E-state index in [9.17, 15) is 4.79 Å². The molecule has 2 aromatic rings. The summed E-state index contributed by atoms with van der Waals surface area (Å²) in [6.07, 6.45) is 0. The molecule has 0 aliphatic rings. The molecule has 0 aliphatic heterocycles. The molecule has 22 heavy (non-hydrogen) atoms. The number of hydrogen-bond donors (Lipinski definition) is 2. The molecule has 0 unspecified atom stereocenters. The molecule has 0 aromatic heterocycles. The van der Waals surface area contributed by atoms with Crippen LogP contribution in [0, 0.1) is 6.92 Å². The van der Waals surface area contributed by atoms with Gasteiger partial charge >= 0.3 is 6.03 Å². The first-order valence-electron chi connectivity index (χ1n) is 7.42. The minimum atomic E-state index is -0.167. The highest BCUT2D eigenvalue weighted by Crippen LogP contribution is 2.06. The van der Waals surface area contributed by atoms with Gasteiger partial charge in [0.25, 0.3) is 0 Å². The number of aliphatic hydroxyl groups is 1. The summed E-state index contributed by atoms with van der Waals surface area (Å²) in [5.74, 6) is 0. The van der Waals surface area contributed by atoms with Crippen LogP contribution in [0.3, 0.4) is 0 Å². The number of hydrogen-bond acceptors (Lipinski definition) is 2. The van der Waals surface area contributed by atoms with Crippen LogP contribution in [0.5, 0.6) is 0 Å². The van der Waals surface area contributed by atoms with Crippen LogP contribution in [0.2, 0.25) is 0 Å². The van der Waals surface area contributed by atoms with Crippen LogP contribution in [-0.2, 0) is 13.1 Å². The van der Waals surface area contributed by atoms with Crippen molar-refractivity contribution < 1.29 is 9.90 Å². The molecule has 0 saturated heterocycles. The average Bonchev–Trinajstić information content (AvgIpc) is 2.53. The van der Waals surface area contributed by atoms with Gasteiger partial charge in [0.15, 0.2) is 0 Å². The Balaban J connectivity index is 1.94. The lowest BCUT2D eigenvalue weighted by Gasteiger charge is -2.22. The van der Waals surface area contributed by atoms with Crippen molar-refractivity contribution in [3.63, 3.8) is 0 Å². The first-order chi connectivity index (χ1) is 10.7. The van der Waals surface area contributed by atoms with E-state index in [1.54, 1.807) is 4.90 Å². The summed E-state index contributed by atoms with van der Waals surface area (Å²) in [7, 11) is 0. The van der Waals surface area contributed by atoms with Gasteiger partial charge in [-0.3, -0.25) is 0 Å². The van der Waals surface area contributed by atoms with E-state index in [1.165, 1.54) is 5.56 Å². The number of benzene rings is 2. The molecule has 4 nitrogen and oxygen atoms in total. The van der Waals surface area contributed by atoms with E-state index < -0.39 is 0 Å². The number of nitrogens with one attached hydrogen (secondary N) is 1. The third-order valence-corrected chi connectivity index (χ3v) is 3.40. The van der Waals surface area contributed by atoms with Crippen LogP contribution in [0.1, 0.15) is 16.7 Å². The third kappa shape index (κ3) is 4.90. The molecule has 0 radical (unpaired) electrons. The van der Waals surface area contributed by atoms with Gasteiger partial charge in [0, 0.05) is 19.6 Å². The molecular weight excluding hydrogens is 276 g/mol. The van der Waals surface area contributed by atoms with Crippen molar-refractivity contribution in [2.24, 2.45) is 0 Å². The fourth-order valence-corrected chi connectivity index (χ4v) is 2.29. The van der Waals surface area contributed by atoms with Crippen LogP contribution in [-0.4, -0.2) is 29.2 Å². The Labute approximate surface area is 131 Å². The van der Waals surface area contributed by atoms with Crippen LogP contribution < -0.4 is 5.32 Å². The van der Waals surface area contributed by atoms with Crippen molar-refractivity contribution in [3.05, 3.63) is 71.3 Å². The summed E-state index contributed by atoms with van der Waals surface area (Å²) < 4.78 is 0. The standard InChI is InChI=1S/C18H22N2O2/c1-15-6-5-9-17(12-15)13-19-18(22)20(10-11-21)14-16-7-3-2-4-8-16/h2-9,12,21H,10-11,13-14H2,1H3,(H,19,22). The first kappa shape index (κ1) is 16.0. The Hall–Kier alpha value is -2.33. The van der Waals surface area contributed by atoms with E-state index in [0.29, 0.717) is 19.6 Å². The molecule has 116 valence electrons. The van der Waals surface area contributed by atoms with Gasteiger partial charge in [0.2, 0.25) is 0 Å². The van der Waals surface area contributed by atoms with Gasteiger partial charge in [-0.1, -0.05) is 60.2 Å². The van der Waals surface area contributed by atoms with E-state index in [0.717, 1.165) is 11.1 Å². The predicted octanol–water partition coefficient (Wildman–Crippen LogP) is 2.70. The fourth-order valence-electron chi connectivity index (χ4n) is 2.29. The quantitative estimate of drug-likeness (QED) is 0.861. The van der Waals surface area contributed by atoms with Crippen LogP contribution in [0.15, 0.2) is 54.6 Å². The number of aryl methyl sites for hydroxylation is 1. The molecule has 0 heterocycles. The van der Waals surface area contributed by atoms with Crippen molar-refractivity contribution in [3.8, 4) is 0 Å². The summed E-state index contributed by atoms with van der Waals surface area (Å²) in [6.45, 7) is 3.26. The Kier molecular flexibility index (Phi) is 5.98. The van der Waals surface area contributed by atoms with E-state index in [1.807, 2.05) is 61.5 Å². The molecule has 2 amide bonds. The fraction of sp³-hybridized carbons (Fsp3) is 0.278. The molecule has 0 saturated carbocycles. The molecule has 4 heteroatoms. The van der Waals surface area contributed by atoms with Crippen LogP contribution in [0.4, 0.5) is 4.79 Å². The summed E-state index contributed by atoms with van der Waals surface area (Å²) in [4.78, 5) is 13.9. The molecule has 2 rings (SSSR count). The largest absolute Gasteiger partial charge is 0.395 e. The molecule has 0 bridgehead atoms. The number of carbonyl (C=O) groups is 1. The number of nitrogens with zero attached hydrogens (tertiary/aromatic N) is 1. The third-order valence-electron chi connectivity index (χ3n) is 3.40. The molecule has 0 spiro atoms. The summed E-state index contributed by atoms with van der Waals surface area (Å²) >= 11 is 0. The van der Waals surface area contributed by atoms with Gasteiger partial charge in [-0.05, 0) is 18.1 Å². The van der Waals surface area contributed by atoms with Crippen molar-refractivity contribution in [2.75, 3.05) is 13.2 Å². The van der Waals surface area contributed by atoms with E-state index in [2.05, 4.69) is 5.32 Å². The lowest BCUT2D eigenvalue weighted by Crippen LogP contribution is -2.40. The summed E-state index contributed by atoms with van der Waals surface area (Å²) in [5, 5.41) is 12.1. The predicted molar refractivity (Wildman–Crippen MR) is 87.4 cm³/mol. The summed E-state index contributed by atoms with van der Waals surface area (Å²) in [5.41, 5.74) is 3.28. The maximum Gasteiger partial charge on any atom is 0.318 e. The number of rotatable bonds is 6. The highest BCUT2D eigenvalue weighted by molar-refractivity contribution is 5.74. The SMILES string of the molecule is Cc1cccc(CNC(=O)N(CCO)Cc2ccccc2)c1. The molecule has 0 fully saturated rings. The smallest absolute Gasteiger partial charge is 0.318 e. The van der Waals surface area contributed by atoms with Gasteiger partial charge in [-0.15, -0.1) is 0 Å². The van der Waals surface area contributed by atoms with Crippen molar-refractivity contribution >= 4 is 6.03 Å². The highest BCUT2D eigenvalue weighted by Gasteiger charge is 2.13. The second kappa shape index (κ2) is 8.20. The van der Waals surface area contributed by atoms with Crippen LogP contribution >= 0.6 is 0 Å². The van der Waals surface area contributed by atoms with Crippen molar-refractivity contribution in [1.82, 2.24) is 10.2 Å². The maximum atomic E-state index is 12.3. The first-order valence-corrected chi connectivity index (χ1v) is 7.42. The number of urea groups is 1. The van der Waals surface area contributed by atoms with E-state index in [-0.39, 0.29) is 12.6 Å². The minimum absolute atomic E-state index is 0.0509. The molecule has 2 aromatic carbocycles. The van der Waals surface area contributed by atoms with Gasteiger partial charge in [0.05, 0.1) is 6.61 Å². The Morgan fingerprint density at radius 3 is 2.50 bits per heavy atom. The second-order valence-electron chi connectivity index (χ2n) is 5.28. The topological polar surface area (TPSA) is 52.6 Å². The number of amides is 2. The zero-order valence-electron chi connectivity index (χ0n) is 12.8. The van der Waals surface area contributed by atoms with Crippen molar-refractivity contribution in [1.29, 1.82) is 0 Å². The van der Waals surface area contributed by atoms with Crippen molar-refractivity contribution in [2.45, 2.75) is 20.0 Å². The zero-order valence-corrected chi connectivity index (χ0v) is 12.8. The molecule has 0 aliphatic carbocycles. The molecule has 0 atom stereocenters. The van der Waals surface area contributed by atoms with Gasteiger partial charge in [-0.25, -0.2) is 4.79 Å². The lowest BCUT2D eigenvalue weighted by molar-refractivity contribution is 0.173. The summed E-state index contributed by atoms with van der Waals surface area (Å²) in [6, 6.07) is 17.6. The number of aliphatic hydroxyl groups excluding tert-OH is 1. The Bertz CT molecular complexity index is 599. The second-order valence-corrected chi connectivity index (χ2v) is 5.28. The maximum absolute atomic E-state index is 12.3. The molecule has 2 N–H and O–H groups in total. The number of carbonyl (C=O) groups excluding carboxylic acids is 1. The Morgan fingerprint density at radius 1 is 1.09 bits per heavy atom. The zero-order chi connectivity index (χ0) is 15.8. The molecular formula is C18H22N2O2. The van der Waals surface area contributed by atoms with Gasteiger partial charge in [-0.2, -0.15) is 0 Å². The lowest BCUT2D eigenvalue weighted by atomic mass is 10.1. The highest BCUT2D eigenvalue weighted by atomic mass is 16.3. The average molecular weight is 298 g/mol. The van der Waals surface area contributed by atoms with Crippen LogP contribution in [0.25, 0.3) is 0 Å². The van der Waals surface area contributed by atoms with Gasteiger partial charge in [0.1, 0.15) is 0 Å². The van der Waals surface area contributed by atoms with E-state index >= 15 is 0 Å². The Morgan fingerprint density at radius 2 is 1.82 bits per heavy atom. The normalized spacial score (nSPS) is 10.3. The van der Waals surface area contributed by atoms with Gasteiger partial charge < -0.3 is 15.3 Å². The minimum Gasteiger partial charge on any atom is -0.395 e.